The molecule has 3 rings (SSSR count). The highest BCUT2D eigenvalue weighted by atomic mass is 16.5. The summed E-state index contributed by atoms with van der Waals surface area (Å²) in [5.74, 6) is 5.29. The molecule has 2 aromatic carbocycles. The van der Waals surface area contributed by atoms with Gasteiger partial charge in [-0.05, 0) is 79.5 Å². The van der Waals surface area contributed by atoms with E-state index in [4.69, 9.17) is 5.21 Å². The second kappa shape index (κ2) is 14.3. The van der Waals surface area contributed by atoms with Gasteiger partial charge in [0.05, 0.1) is 12.6 Å². The van der Waals surface area contributed by atoms with Crippen molar-refractivity contribution in [3.8, 4) is 11.8 Å². The average Bonchev–Trinajstić information content (AvgIpc) is 2.94. The Balaban J connectivity index is 1.47. The molecule has 38 heavy (non-hydrogen) atoms. The largest absolute Gasteiger partial charge is 0.391 e. The van der Waals surface area contributed by atoms with Crippen LogP contribution in [0.15, 0.2) is 79.6 Å². The number of hydrogen-bond acceptors (Lipinski definition) is 7. The first-order valence-corrected chi connectivity index (χ1v) is 12.0. The highest BCUT2D eigenvalue weighted by Crippen LogP contribution is 2.13. The van der Waals surface area contributed by atoms with Crippen LogP contribution in [0.5, 0.6) is 0 Å². The summed E-state index contributed by atoms with van der Waals surface area (Å²) < 4.78 is 0. The van der Waals surface area contributed by atoms with Crippen LogP contribution in [0.25, 0.3) is 5.70 Å². The number of aliphatic hydroxyl groups excluding tert-OH is 1. The van der Waals surface area contributed by atoms with Crippen molar-refractivity contribution >= 4 is 23.2 Å². The number of nitrogens with one attached hydrogen (secondary N) is 4. The van der Waals surface area contributed by atoms with Gasteiger partial charge in [-0.3, -0.25) is 19.8 Å². The van der Waals surface area contributed by atoms with Crippen molar-refractivity contribution in [3.63, 3.8) is 0 Å². The summed E-state index contributed by atoms with van der Waals surface area (Å²) in [7, 11) is 0. The molecule has 9 heteroatoms. The molecule has 196 valence electrons. The quantitative estimate of drug-likeness (QED) is 0.1000. The van der Waals surface area contributed by atoms with Gasteiger partial charge in [0.2, 0.25) is 5.91 Å². The van der Waals surface area contributed by atoms with E-state index < -0.39 is 18.1 Å². The molecule has 0 aliphatic carbocycles. The molecule has 0 saturated carbocycles. The lowest BCUT2D eigenvalue weighted by molar-refractivity contribution is -0.133. The van der Waals surface area contributed by atoms with Crippen LogP contribution in [0, 0.1) is 11.8 Å². The van der Waals surface area contributed by atoms with E-state index in [1.165, 1.54) is 18.0 Å². The van der Waals surface area contributed by atoms with E-state index in [2.05, 4.69) is 39.4 Å². The minimum absolute atomic E-state index is 0.119. The maximum atomic E-state index is 12.2. The molecule has 0 bridgehead atoms. The van der Waals surface area contributed by atoms with Gasteiger partial charge in [-0.25, -0.2) is 5.48 Å². The van der Waals surface area contributed by atoms with Crippen molar-refractivity contribution in [2.75, 3.05) is 18.4 Å². The summed E-state index contributed by atoms with van der Waals surface area (Å²) in [6, 6.07) is 17.3. The summed E-state index contributed by atoms with van der Waals surface area (Å²) >= 11 is 0. The van der Waals surface area contributed by atoms with Crippen LogP contribution in [0.4, 0.5) is 5.69 Å². The summed E-state index contributed by atoms with van der Waals surface area (Å²) in [6.07, 6.45) is 3.29. The third kappa shape index (κ3) is 8.87. The van der Waals surface area contributed by atoms with Gasteiger partial charge in [-0.2, -0.15) is 0 Å². The smallest absolute Gasteiger partial charge is 0.268 e. The van der Waals surface area contributed by atoms with Crippen LogP contribution in [0.3, 0.4) is 0 Å². The molecule has 0 fully saturated rings. The first-order chi connectivity index (χ1) is 18.4. The molecule has 2 amide bonds. The van der Waals surface area contributed by atoms with Crippen LogP contribution in [0.2, 0.25) is 0 Å². The number of aliphatic hydroxyl groups is 1. The maximum absolute atomic E-state index is 12.2. The molecular formula is C29H31N5O4. The first kappa shape index (κ1) is 28.1. The highest BCUT2D eigenvalue weighted by molar-refractivity contribution is 5.92. The third-order valence-corrected chi connectivity index (χ3v) is 5.58. The number of amides is 2. The Morgan fingerprint density at radius 1 is 0.974 bits per heavy atom. The molecule has 3 aromatic rings. The average molecular weight is 514 g/mol. The molecular weight excluding hydrogens is 482 g/mol. The van der Waals surface area contributed by atoms with Crippen LogP contribution >= 0.6 is 0 Å². The first-order valence-electron chi connectivity index (χ1n) is 12.0. The SMILES string of the molecule is C=C(N[C@H](C(=O)NO)[C@@H](C)O)c1ccc(C#Cc2ccc(NC(=O)CNCCc3ccncc3)cc2)cc1. The number of benzene rings is 2. The number of rotatable bonds is 11. The predicted molar refractivity (Wildman–Crippen MR) is 146 cm³/mol. The van der Waals surface area contributed by atoms with E-state index in [9.17, 15) is 14.7 Å². The molecule has 1 aromatic heterocycles. The van der Waals surface area contributed by atoms with Crippen LogP contribution in [0.1, 0.15) is 29.2 Å². The molecule has 2 atom stereocenters. The number of carbonyl (C=O) groups excluding carboxylic acids is 2. The third-order valence-electron chi connectivity index (χ3n) is 5.58. The monoisotopic (exact) mass is 513 g/mol. The zero-order chi connectivity index (χ0) is 27.3. The summed E-state index contributed by atoms with van der Waals surface area (Å²) in [5.41, 5.74) is 6.08. The highest BCUT2D eigenvalue weighted by Gasteiger charge is 2.23. The Morgan fingerprint density at radius 3 is 2.16 bits per heavy atom. The summed E-state index contributed by atoms with van der Waals surface area (Å²) in [5, 5.41) is 27.4. The number of pyridine rings is 1. The van der Waals surface area contributed by atoms with Crippen molar-refractivity contribution in [1.82, 2.24) is 21.1 Å². The Labute approximate surface area is 222 Å². The van der Waals surface area contributed by atoms with Crippen molar-refractivity contribution in [1.29, 1.82) is 0 Å². The van der Waals surface area contributed by atoms with Crippen molar-refractivity contribution in [3.05, 3.63) is 102 Å². The van der Waals surface area contributed by atoms with E-state index in [-0.39, 0.29) is 12.5 Å². The lowest BCUT2D eigenvalue weighted by Gasteiger charge is -2.21. The van der Waals surface area contributed by atoms with Crippen LogP contribution in [-0.4, -0.2) is 52.3 Å². The van der Waals surface area contributed by atoms with Crippen LogP contribution in [-0.2, 0) is 16.0 Å². The fraction of sp³-hybridized carbons (Fsp3) is 0.207. The number of hydrogen-bond donors (Lipinski definition) is 6. The molecule has 0 radical (unpaired) electrons. The molecule has 1 heterocycles. The zero-order valence-electron chi connectivity index (χ0n) is 21.1. The van der Waals surface area contributed by atoms with Gasteiger partial charge >= 0.3 is 0 Å². The Kier molecular flexibility index (Phi) is 10.6. The molecule has 0 spiro atoms. The molecule has 0 aliphatic rings. The normalized spacial score (nSPS) is 11.9. The van der Waals surface area contributed by atoms with E-state index in [1.807, 2.05) is 36.4 Å². The number of anilines is 1. The summed E-state index contributed by atoms with van der Waals surface area (Å²) in [6.45, 7) is 6.24. The van der Waals surface area contributed by atoms with Gasteiger partial charge in [0.25, 0.3) is 5.91 Å². The zero-order valence-corrected chi connectivity index (χ0v) is 21.1. The Morgan fingerprint density at radius 2 is 1.58 bits per heavy atom. The van der Waals surface area contributed by atoms with E-state index in [0.717, 1.165) is 17.5 Å². The van der Waals surface area contributed by atoms with Gasteiger partial charge < -0.3 is 21.1 Å². The minimum Gasteiger partial charge on any atom is -0.391 e. The van der Waals surface area contributed by atoms with Gasteiger partial charge in [-0.1, -0.05) is 30.6 Å². The summed E-state index contributed by atoms with van der Waals surface area (Å²) in [4.78, 5) is 27.9. The van der Waals surface area contributed by atoms with Crippen molar-refractivity contribution in [2.24, 2.45) is 0 Å². The molecule has 6 N–H and O–H groups in total. The number of nitrogens with zero attached hydrogens (tertiary/aromatic N) is 1. The Hall–Kier alpha value is -4.49. The van der Waals surface area contributed by atoms with E-state index >= 15 is 0 Å². The van der Waals surface area contributed by atoms with Gasteiger partial charge in [0.1, 0.15) is 6.04 Å². The number of carbonyl (C=O) groups is 2. The van der Waals surface area contributed by atoms with Gasteiger partial charge in [0, 0.05) is 34.9 Å². The molecule has 0 saturated heterocycles. The lowest BCUT2D eigenvalue weighted by Crippen LogP contribution is -2.48. The van der Waals surface area contributed by atoms with Gasteiger partial charge in [-0.15, -0.1) is 0 Å². The predicted octanol–water partition coefficient (Wildman–Crippen LogP) is 2.07. The lowest BCUT2D eigenvalue weighted by atomic mass is 10.1. The molecule has 9 nitrogen and oxygen atoms in total. The fourth-order valence-electron chi connectivity index (χ4n) is 3.47. The van der Waals surface area contributed by atoms with Gasteiger partial charge in [0.15, 0.2) is 0 Å². The molecule has 0 unspecified atom stereocenters. The molecule has 0 aliphatic heterocycles. The standard InChI is InChI=1S/C29H31N5O4/c1-20(32-28(21(2)35)29(37)34-38)25-9-5-22(6-10-25)3-4-23-7-11-26(12-8-23)33-27(36)19-31-18-15-24-13-16-30-17-14-24/h5-14,16-17,21,28,31-32,35,38H,1,15,18-19H2,2H3,(H,33,36)(H,34,37)/t21-,28+/m1/s1. The Bertz CT molecular complexity index is 1280. The minimum atomic E-state index is -1.05. The second-order valence-electron chi connectivity index (χ2n) is 8.55. The van der Waals surface area contributed by atoms with Crippen LogP contribution < -0.4 is 21.4 Å². The van der Waals surface area contributed by atoms with E-state index in [1.54, 1.807) is 36.7 Å². The van der Waals surface area contributed by atoms with Crippen molar-refractivity contribution < 1.29 is 19.9 Å². The number of hydroxylamine groups is 1. The van der Waals surface area contributed by atoms with Crippen molar-refractivity contribution in [2.45, 2.75) is 25.5 Å². The number of aromatic nitrogens is 1. The fourth-order valence-corrected chi connectivity index (χ4v) is 3.47. The second-order valence-corrected chi connectivity index (χ2v) is 8.55. The van der Waals surface area contributed by atoms with E-state index in [0.29, 0.717) is 23.5 Å². The maximum Gasteiger partial charge on any atom is 0.268 e. The topological polar surface area (TPSA) is 136 Å².